The SMILES string of the molecule is N#Cc1cccc(-c2ccccc2NC(=O)n2cc(C(=O)O)c(=O)c3ccccc32)c1. The monoisotopic (exact) mass is 409 g/mol. The Hall–Kier alpha value is -4.70. The van der Waals surface area contributed by atoms with Crippen LogP contribution in [0.4, 0.5) is 10.5 Å². The number of rotatable bonds is 3. The first-order chi connectivity index (χ1) is 15.0. The van der Waals surface area contributed by atoms with E-state index in [9.17, 15) is 19.5 Å². The Morgan fingerprint density at radius 1 is 0.968 bits per heavy atom. The summed E-state index contributed by atoms with van der Waals surface area (Å²) >= 11 is 0. The predicted octanol–water partition coefficient (Wildman–Crippen LogP) is 4.32. The lowest BCUT2D eigenvalue weighted by Gasteiger charge is -2.15. The highest BCUT2D eigenvalue weighted by atomic mass is 16.4. The van der Waals surface area contributed by atoms with Crippen molar-refractivity contribution in [1.29, 1.82) is 5.26 Å². The molecule has 0 unspecified atom stereocenters. The van der Waals surface area contributed by atoms with Crippen molar-refractivity contribution in [3.63, 3.8) is 0 Å². The van der Waals surface area contributed by atoms with Crippen LogP contribution in [0.3, 0.4) is 0 Å². The molecule has 1 aromatic heterocycles. The van der Waals surface area contributed by atoms with Gasteiger partial charge in [0, 0.05) is 17.1 Å². The first-order valence-corrected chi connectivity index (χ1v) is 9.28. The van der Waals surface area contributed by atoms with Gasteiger partial charge in [0.15, 0.2) is 0 Å². The first kappa shape index (κ1) is 19.6. The Balaban J connectivity index is 1.81. The third-order valence-corrected chi connectivity index (χ3v) is 4.83. The Kier molecular flexibility index (Phi) is 5.04. The smallest absolute Gasteiger partial charge is 0.341 e. The summed E-state index contributed by atoms with van der Waals surface area (Å²) in [6.45, 7) is 0. The number of hydrogen-bond donors (Lipinski definition) is 2. The molecule has 4 rings (SSSR count). The van der Waals surface area contributed by atoms with Gasteiger partial charge in [0.05, 0.1) is 22.8 Å². The molecule has 0 aliphatic rings. The van der Waals surface area contributed by atoms with Gasteiger partial charge in [0.1, 0.15) is 5.56 Å². The summed E-state index contributed by atoms with van der Waals surface area (Å²) in [6.07, 6.45) is 1.03. The Labute approximate surface area is 176 Å². The van der Waals surface area contributed by atoms with Crippen molar-refractivity contribution in [3.8, 4) is 17.2 Å². The van der Waals surface area contributed by atoms with Crippen molar-refractivity contribution >= 4 is 28.6 Å². The molecule has 0 saturated heterocycles. The summed E-state index contributed by atoms with van der Waals surface area (Å²) < 4.78 is 1.11. The number of aromatic nitrogens is 1. The van der Waals surface area contributed by atoms with E-state index in [0.29, 0.717) is 22.3 Å². The van der Waals surface area contributed by atoms with Crippen LogP contribution in [0.15, 0.2) is 83.8 Å². The molecule has 1 amide bonds. The number of carboxylic acid groups (broad SMARTS) is 1. The van der Waals surface area contributed by atoms with Crippen LogP contribution >= 0.6 is 0 Å². The average Bonchev–Trinajstić information content (AvgIpc) is 2.79. The molecule has 3 aromatic carbocycles. The van der Waals surface area contributed by atoms with E-state index in [-0.39, 0.29) is 5.39 Å². The second kappa shape index (κ2) is 7.97. The number of nitrogens with one attached hydrogen (secondary N) is 1. The molecule has 4 aromatic rings. The maximum absolute atomic E-state index is 13.1. The molecule has 7 nitrogen and oxygen atoms in total. The molecule has 0 atom stereocenters. The number of anilines is 1. The van der Waals surface area contributed by atoms with Crippen LogP contribution in [0, 0.1) is 11.3 Å². The van der Waals surface area contributed by atoms with Gasteiger partial charge >= 0.3 is 12.0 Å². The molecule has 0 saturated carbocycles. The maximum atomic E-state index is 13.1. The number of pyridine rings is 1. The van der Waals surface area contributed by atoms with Gasteiger partial charge in [-0.1, -0.05) is 42.5 Å². The average molecular weight is 409 g/mol. The zero-order valence-corrected chi connectivity index (χ0v) is 16.1. The van der Waals surface area contributed by atoms with Crippen molar-refractivity contribution in [2.24, 2.45) is 0 Å². The van der Waals surface area contributed by atoms with E-state index >= 15 is 0 Å². The lowest BCUT2D eigenvalue weighted by molar-refractivity contribution is 0.0695. The van der Waals surface area contributed by atoms with Gasteiger partial charge in [-0.15, -0.1) is 0 Å². The third kappa shape index (κ3) is 3.66. The van der Waals surface area contributed by atoms with Crippen LogP contribution in [0.1, 0.15) is 15.9 Å². The van der Waals surface area contributed by atoms with E-state index < -0.39 is 23.0 Å². The van der Waals surface area contributed by atoms with Crippen LogP contribution in [0.5, 0.6) is 0 Å². The van der Waals surface area contributed by atoms with E-state index in [0.717, 1.165) is 16.3 Å². The van der Waals surface area contributed by atoms with Crippen LogP contribution in [-0.2, 0) is 0 Å². The number of aromatic carboxylic acids is 1. The van der Waals surface area contributed by atoms with Crippen LogP contribution in [0.2, 0.25) is 0 Å². The van der Waals surface area contributed by atoms with Gasteiger partial charge in [-0.25, -0.2) is 9.59 Å². The molecule has 0 radical (unpaired) electrons. The second-order valence-electron chi connectivity index (χ2n) is 6.73. The zero-order chi connectivity index (χ0) is 22.0. The second-order valence-corrected chi connectivity index (χ2v) is 6.73. The normalized spacial score (nSPS) is 10.4. The molecule has 0 fully saturated rings. The molecule has 0 aliphatic heterocycles. The standard InChI is InChI=1S/C24H15N3O4/c25-13-15-6-5-7-16(12-15)17-8-1-3-10-20(17)26-24(31)27-14-19(23(29)30)22(28)18-9-2-4-11-21(18)27/h1-12,14H,(H,26,31)(H,29,30). The number of fused-ring (bicyclic) bond motifs is 1. The van der Waals surface area contributed by atoms with Gasteiger partial charge in [0.2, 0.25) is 5.43 Å². The van der Waals surface area contributed by atoms with Gasteiger partial charge in [-0.05, 0) is 35.9 Å². The number of carboxylic acids is 1. The molecular formula is C24H15N3O4. The largest absolute Gasteiger partial charge is 0.477 e. The van der Waals surface area contributed by atoms with Crippen LogP contribution in [-0.4, -0.2) is 21.7 Å². The zero-order valence-electron chi connectivity index (χ0n) is 16.1. The summed E-state index contributed by atoms with van der Waals surface area (Å²) in [5.74, 6) is -1.41. The quantitative estimate of drug-likeness (QED) is 0.523. The van der Waals surface area contributed by atoms with Gasteiger partial charge < -0.3 is 10.4 Å². The topological polar surface area (TPSA) is 112 Å². The van der Waals surface area contributed by atoms with E-state index in [1.54, 1.807) is 60.7 Å². The number of hydrogen-bond acceptors (Lipinski definition) is 4. The van der Waals surface area contributed by atoms with Gasteiger partial charge in [-0.2, -0.15) is 5.26 Å². The highest BCUT2D eigenvalue weighted by Crippen LogP contribution is 2.28. The number of para-hydroxylation sites is 2. The summed E-state index contributed by atoms with van der Waals surface area (Å²) in [6, 6.07) is 21.8. The minimum atomic E-state index is -1.41. The fourth-order valence-electron chi connectivity index (χ4n) is 3.37. The number of benzene rings is 3. The highest BCUT2D eigenvalue weighted by molar-refractivity contribution is 6.02. The molecule has 150 valence electrons. The molecule has 31 heavy (non-hydrogen) atoms. The molecule has 1 heterocycles. The summed E-state index contributed by atoms with van der Waals surface area (Å²) in [5.41, 5.74) is 1.53. The predicted molar refractivity (Wildman–Crippen MR) is 116 cm³/mol. The fraction of sp³-hybridized carbons (Fsp3) is 0. The van der Waals surface area contributed by atoms with Crippen molar-refractivity contribution in [2.45, 2.75) is 0 Å². The minimum absolute atomic E-state index is 0.132. The minimum Gasteiger partial charge on any atom is -0.477 e. The molecule has 0 aliphatic carbocycles. The van der Waals surface area contributed by atoms with Crippen LogP contribution in [0.25, 0.3) is 22.0 Å². The Morgan fingerprint density at radius 3 is 2.48 bits per heavy atom. The fourth-order valence-corrected chi connectivity index (χ4v) is 3.37. The molecule has 0 spiro atoms. The number of amides is 1. The number of nitrogens with zero attached hydrogens (tertiary/aromatic N) is 2. The summed E-state index contributed by atoms with van der Waals surface area (Å²) in [4.78, 5) is 37.1. The lowest BCUT2D eigenvalue weighted by atomic mass is 10.0. The van der Waals surface area contributed by atoms with E-state index in [2.05, 4.69) is 11.4 Å². The lowest BCUT2D eigenvalue weighted by Crippen LogP contribution is -2.25. The van der Waals surface area contributed by atoms with Gasteiger partial charge in [0.25, 0.3) is 0 Å². The van der Waals surface area contributed by atoms with Gasteiger partial charge in [-0.3, -0.25) is 9.36 Å². The van der Waals surface area contributed by atoms with E-state index in [1.807, 2.05) is 6.07 Å². The maximum Gasteiger partial charge on any atom is 0.341 e. The summed E-state index contributed by atoms with van der Waals surface area (Å²) in [7, 11) is 0. The Morgan fingerprint density at radius 2 is 1.71 bits per heavy atom. The highest BCUT2D eigenvalue weighted by Gasteiger charge is 2.18. The number of carbonyl (C=O) groups is 2. The van der Waals surface area contributed by atoms with E-state index in [1.165, 1.54) is 6.07 Å². The van der Waals surface area contributed by atoms with Crippen LogP contribution < -0.4 is 10.7 Å². The third-order valence-electron chi connectivity index (χ3n) is 4.83. The Bertz CT molecular complexity index is 1450. The summed E-state index contributed by atoms with van der Waals surface area (Å²) in [5, 5.41) is 21.5. The number of nitriles is 1. The molecular weight excluding hydrogens is 394 g/mol. The molecule has 2 N–H and O–H groups in total. The number of carbonyl (C=O) groups excluding carboxylic acids is 1. The first-order valence-electron chi connectivity index (χ1n) is 9.28. The van der Waals surface area contributed by atoms with E-state index in [4.69, 9.17) is 5.26 Å². The molecule has 0 bridgehead atoms. The molecule has 7 heteroatoms. The van der Waals surface area contributed by atoms with Crippen molar-refractivity contribution < 1.29 is 14.7 Å². The van der Waals surface area contributed by atoms with Crippen molar-refractivity contribution in [2.75, 3.05) is 5.32 Å². The van der Waals surface area contributed by atoms with Crippen molar-refractivity contribution in [3.05, 3.63) is 100 Å². The van der Waals surface area contributed by atoms with Crippen molar-refractivity contribution in [1.82, 2.24) is 4.57 Å².